The maximum Gasteiger partial charge on any atom is 0.343 e. The predicted octanol–water partition coefficient (Wildman–Crippen LogP) is 1.10. The average molecular weight is 246 g/mol. The molecule has 1 rings (SSSR count). The number of hydrogen-bond donors (Lipinski definition) is 0. The number of carbonyl (C=O) groups excluding carboxylic acids is 1. The Morgan fingerprint density at radius 2 is 2.23 bits per heavy atom. The molecule has 0 aliphatic heterocycles. The minimum Gasteiger partial charge on any atom is -0.465 e. The summed E-state index contributed by atoms with van der Waals surface area (Å²) in [6.07, 6.45) is 1.53. The highest BCUT2D eigenvalue weighted by molar-refractivity contribution is 9.08. The van der Waals surface area contributed by atoms with E-state index in [0.29, 0.717) is 5.56 Å². The molecule has 1 heterocycles. The van der Waals surface area contributed by atoms with Crippen LogP contribution in [0.5, 0.6) is 0 Å². The van der Waals surface area contributed by atoms with E-state index in [1.54, 1.807) is 13.0 Å². The minimum absolute atomic E-state index is 0.0573. The number of hydrogen-bond acceptors (Lipinski definition) is 3. The van der Waals surface area contributed by atoms with Gasteiger partial charge in [-0.1, -0.05) is 0 Å². The minimum atomic E-state index is -0.615. The van der Waals surface area contributed by atoms with Crippen LogP contribution in [0.1, 0.15) is 15.9 Å². The molecule has 0 unspecified atom stereocenters. The van der Waals surface area contributed by atoms with Crippen LogP contribution in [0.4, 0.5) is 0 Å². The molecule has 1 aromatic rings. The van der Waals surface area contributed by atoms with Crippen molar-refractivity contribution in [3.63, 3.8) is 0 Å². The summed E-state index contributed by atoms with van der Waals surface area (Å²) in [6.45, 7) is 1.68. The van der Waals surface area contributed by atoms with E-state index in [1.807, 2.05) is 0 Å². The van der Waals surface area contributed by atoms with E-state index < -0.39 is 11.5 Å². The first kappa shape index (κ1) is 9.98. The smallest absolute Gasteiger partial charge is 0.343 e. The summed E-state index contributed by atoms with van der Waals surface area (Å²) in [7, 11) is 1.24. The predicted molar refractivity (Wildman–Crippen MR) is 51.1 cm³/mol. The van der Waals surface area contributed by atoms with E-state index in [9.17, 15) is 9.59 Å². The van der Waals surface area contributed by atoms with Gasteiger partial charge >= 0.3 is 5.97 Å². The highest BCUT2D eigenvalue weighted by Gasteiger charge is 2.14. The summed E-state index contributed by atoms with van der Waals surface area (Å²) in [4.78, 5) is 22.6. The lowest BCUT2D eigenvalue weighted by atomic mass is 10.1. The number of nitrogens with zero attached hydrogens (tertiary/aromatic N) is 1. The monoisotopic (exact) mass is 245 g/mol. The number of methoxy groups -OCH3 is 1. The molecule has 0 atom stereocenters. The number of rotatable bonds is 1. The topological polar surface area (TPSA) is 48.3 Å². The van der Waals surface area contributed by atoms with Crippen molar-refractivity contribution in [1.82, 2.24) is 3.59 Å². The number of aryl methyl sites for hydroxylation is 1. The van der Waals surface area contributed by atoms with Gasteiger partial charge in [-0.15, -0.1) is 0 Å². The summed E-state index contributed by atoms with van der Waals surface area (Å²) < 4.78 is 5.64. The average Bonchev–Trinajstić information content (AvgIpc) is 2.12. The third-order valence-corrected chi connectivity index (χ3v) is 2.21. The highest BCUT2D eigenvalue weighted by atomic mass is 79.9. The number of esters is 1. The lowest BCUT2D eigenvalue weighted by Crippen LogP contribution is -2.23. The maximum absolute atomic E-state index is 11.4. The zero-order valence-electron chi connectivity index (χ0n) is 7.20. The summed E-state index contributed by atoms with van der Waals surface area (Å²) in [5.74, 6) is -0.615. The standard InChI is InChI=1S/C8H8BrNO3/c1-5-3-4-10(9)7(11)6(5)8(12)13-2/h3-4H,1-2H3. The SMILES string of the molecule is COC(=O)c1c(C)ccn(Br)c1=O. The van der Waals surface area contributed by atoms with Crippen molar-refractivity contribution in [2.45, 2.75) is 6.92 Å². The third kappa shape index (κ3) is 1.80. The Morgan fingerprint density at radius 3 is 2.77 bits per heavy atom. The molecule has 0 N–H and O–H groups in total. The van der Waals surface area contributed by atoms with Crippen molar-refractivity contribution in [3.05, 3.63) is 33.7 Å². The van der Waals surface area contributed by atoms with Gasteiger partial charge in [0.1, 0.15) is 5.56 Å². The molecule has 0 radical (unpaired) electrons. The number of ether oxygens (including phenoxy) is 1. The first-order valence-corrected chi connectivity index (χ1v) is 4.25. The molecule has 0 aliphatic rings. The van der Waals surface area contributed by atoms with Gasteiger partial charge in [0.25, 0.3) is 5.56 Å². The van der Waals surface area contributed by atoms with Gasteiger partial charge in [-0.2, -0.15) is 0 Å². The fourth-order valence-corrected chi connectivity index (χ4v) is 1.25. The van der Waals surface area contributed by atoms with E-state index in [4.69, 9.17) is 0 Å². The fourth-order valence-electron chi connectivity index (χ4n) is 0.954. The zero-order chi connectivity index (χ0) is 10.0. The summed E-state index contributed by atoms with van der Waals surface area (Å²) in [5.41, 5.74) is 0.251. The number of pyridine rings is 1. The molecule has 0 fully saturated rings. The molecule has 0 spiro atoms. The van der Waals surface area contributed by atoms with Gasteiger partial charge in [-0.25, -0.2) is 8.39 Å². The van der Waals surface area contributed by atoms with Gasteiger partial charge in [0.2, 0.25) is 0 Å². The van der Waals surface area contributed by atoms with Crippen LogP contribution >= 0.6 is 16.1 Å². The number of aromatic nitrogens is 1. The van der Waals surface area contributed by atoms with Gasteiger partial charge in [0, 0.05) is 6.20 Å². The van der Waals surface area contributed by atoms with Crippen molar-refractivity contribution in [2.24, 2.45) is 0 Å². The second-order valence-electron chi connectivity index (χ2n) is 2.48. The maximum atomic E-state index is 11.4. The fraction of sp³-hybridized carbons (Fsp3) is 0.250. The van der Waals surface area contributed by atoms with Crippen LogP contribution < -0.4 is 5.56 Å². The molecule has 5 heteroatoms. The Labute approximate surface area is 83.5 Å². The van der Waals surface area contributed by atoms with Crippen LogP contribution in [0, 0.1) is 6.92 Å². The van der Waals surface area contributed by atoms with E-state index >= 15 is 0 Å². The Hall–Kier alpha value is -1.10. The van der Waals surface area contributed by atoms with Crippen molar-refractivity contribution in [1.29, 1.82) is 0 Å². The molecule has 0 saturated carbocycles. The molecule has 70 valence electrons. The zero-order valence-corrected chi connectivity index (χ0v) is 8.79. The van der Waals surface area contributed by atoms with Crippen LogP contribution in [-0.2, 0) is 4.74 Å². The van der Waals surface area contributed by atoms with Crippen molar-refractivity contribution in [3.8, 4) is 0 Å². The quantitative estimate of drug-likeness (QED) is 0.697. The number of carbonyl (C=O) groups is 1. The summed E-state index contributed by atoms with van der Waals surface area (Å²) >= 11 is 2.97. The molecule has 0 bridgehead atoms. The molecule has 0 aliphatic carbocycles. The van der Waals surface area contributed by atoms with Gasteiger partial charge in [-0.3, -0.25) is 4.79 Å². The molecular weight excluding hydrogens is 238 g/mol. The Kier molecular flexibility index (Phi) is 2.87. The van der Waals surface area contributed by atoms with Gasteiger partial charge in [-0.05, 0) is 18.6 Å². The van der Waals surface area contributed by atoms with E-state index in [0.717, 1.165) is 3.59 Å². The first-order valence-electron chi connectivity index (χ1n) is 3.54. The Balaban J connectivity index is 3.43. The molecule has 13 heavy (non-hydrogen) atoms. The third-order valence-electron chi connectivity index (χ3n) is 1.65. The molecule has 0 saturated heterocycles. The largest absolute Gasteiger partial charge is 0.465 e. The van der Waals surface area contributed by atoms with Crippen molar-refractivity contribution >= 4 is 22.1 Å². The first-order chi connectivity index (χ1) is 6.07. The van der Waals surface area contributed by atoms with E-state index in [2.05, 4.69) is 20.9 Å². The molecule has 4 nitrogen and oxygen atoms in total. The molecule has 0 amide bonds. The Morgan fingerprint density at radius 1 is 1.62 bits per heavy atom. The van der Waals surface area contributed by atoms with Gasteiger partial charge < -0.3 is 4.74 Å². The molecular formula is C8H8BrNO3. The summed E-state index contributed by atoms with van der Waals surface area (Å²) in [6, 6.07) is 1.66. The lowest BCUT2D eigenvalue weighted by Gasteiger charge is -2.03. The van der Waals surface area contributed by atoms with E-state index in [1.165, 1.54) is 13.3 Å². The molecule has 0 aromatic carbocycles. The van der Waals surface area contributed by atoms with Crippen LogP contribution in [0.15, 0.2) is 17.1 Å². The summed E-state index contributed by atoms with van der Waals surface area (Å²) in [5, 5.41) is 0. The van der Waals surface area contributed by atoms with Gasteiger partial charge in [0.15, 0.2) is 0 Å². The highest BCUT2D eigenvalue weighted by Crippen LogP contribution is 2.04. The number of halogens is 1. The van der Waals surface area contributed by atoms with E-state index in [-0.39, 0.29) is 5.56 Å². The van der Waals surface area contributed by atoms with Crippen LogP contribution in [0.3, 0.4) is 0 Å². The van der Waals surface area contributed by atoms with Crippen LogP contribution in [-0.4, -0.2) is 16.7 Å². The van der Waals surface area contributed by atoms with Gasteiger partial charge in [0.05, 0.1) is 23.3 Å². The molecule has 1 aromatic heterocycles. The van der Waals surface area contributed by atoms with Crippen LogP contribution in [0.2, 0.25) is 0 Å². The van der Waals surface area contributed by atoms with Crippen molar-refractivity contribution < 1.29 is 9.53 Å². The normalized spacial score (nSPS) is 9.77. The Bertz CT molecular complexity index is 397. The van der Waals surface area contributed by atoms with Crippen LogP contribution in [0.25, 0.3) is 0 Å². The second-order valence-corrected chi connectivity index (χ2v) is 3.25. The van der Waals surface area contributed by atoms with Crippen molar-refractivity contribution in [2.75, 3.05) is 7.11 Å². The lowest BCUT2D eigenvalue weighted by molar-refractivity contribution is 0.0597. The second kappa shape index (κ2) is 3.74.